The van der Waals surface area contributed by atoms with Crippen LogP contribution in [0.4, 0.5) is 5.69 Å². The Kier molecular flexibility index (Phi) is 7.36. The molecule has 0 aliphatic carbocycles. The number of unbranched alkanes of at least 4 members (excludes halogenated alkanes) is 1. The molecule has 0 spiro atoms. The summed E-state index contributed by atoms with van der Waals surface area (Å²) in [5.41, 5.74) is 9.30. The van der Waals surface area contributed by atoms with E-state index in [1.165, 1.54) is 5.56 Å². The molecule has 2 atom stereocenters. The minimum Gasteiger partial charge on any atom is -0.323 e. The van der Waals surface area contributed by atoms with Crippen LogP contribution in [0.15, 0.2) is 89.6 Å². The molecule has 194 valence electrons. The van der Waals surface area contributed by atoms with Gasteiger partial charge in [-0.05, 0) is 66.1 Å². The van der Waals surface area contributed by atoms with Crippen molar-refractivity contribution in [2.24, 2.45) is 4.99 Å². The van der Waals surface area contributed by atoms with Crippen LogP contribution in [0.3, 0.4) is 0 Å². The lowest BCUT2D eigenvalue weighted by Gasteiger charge is -2.32. The summed E-state index contributed by atoms with van der Waals surface area (Å²) in [5, 5.41) is 2.67. The predicted molar refractivity (Wildman–Crippen MR) is 154 cm³/mol. The van der Waals surface area contributed by atoms with Gasteiger partial charge in [-0.1, -0.05) is 67.9 Å². The van der Waals surface area contributed by atoms with Crippen molar-refractivity contribution in [2.45, 2.75) is 51.1 Å². The first-order valence-corrected chi connectivity index (χ1v) is 13.4. The van der Waals surface area contributed by atoms with Crippen molar-refractivity contribution in [3.63, 3.8) is 0 Å². The zero-order valence-corrected chi connectivity index (χ0v) is 22.1. The van der Waals surface area contributed by atoms with E-state index in [2.05, 4.69) is 79.3 Å². The molecule has 1 saturated heterocycles. The maximum Gasteiger partial charge on any atom is 0.232 e. The number of rotatable bonds is 9. The van der Waals surface area contributed by atoms with Gasteiger partial charge in [0.15, 0.2) is 17.1 Å². The van der Waals surface area contributed by atoms with Crippen LogP contribution in [0.25, 0.3) is 17.2 Å². The number of allylic oxidation sites excluding steroid dienone is 1. The molecule has 3 aromatic carbocycles. The van der Waals surface area contributed by atoms with E-state index < -0.39 is 0 Å². The SMILES string of the molecule is CCCCC1(CCc2ccccc2)N=C[N+](C)(c2ccc(-c3ccccc3/C=C3\NC(=O)CC3=O)cc2)N1. The number of quaternary nitrogens is 1. The van der Waals surface area contributed by atoms with Gasteiger partial charge in [0.25, 0.3) is 0 Å². The molecule has 2 heterocycles. The minimum absolute atomic E-state index is 0.0845. The number of benzene rings is 3. The third-order valence-electron chi connectivity index (χ3n) is 7.46. The van der Waals surface area contributed by atoms with Crippen molar-refractivity contribution in [3.05, 3.63) is 95.7 Å². The van der Waals surface area contributed by atoms with E-state index in [0.29, 0.717) is 10.3 Å². The molecule has 0 aromatic heterocycles. The highest BCUT2D eigenvalue weighted by atomic mass is 16.2. The van der Waals surface area contributed by atoms with E-state index in [1.54, 1.807) is 6.08 Å². The van der Waals surface area contributed by atoms with Crippen LogP contribution in [0.5, 0.6) is 0 Å². The predicted octanol–water partition coefficient (Wildman–Crippen LogP) is 5.79. The molecule has 2 aliphatic rings. The molecule has 38 heavy (non-hydrogen) atoms. The summed E-state index contributed by atoms with van der Waals surface area (Å²) < 4.78 is 0.436. The molecule has 5 rings (SSSR count). The molecule has 2 aliphatic heterocycles. The summed E-state index contributed by atoms with van der Waals surface area (Å²) >= 11 is 0. The second-order valence-corrected chi connectivity index (χ2v) is 10.4. The Hall–Kier alpha value is -3.87. The van der Waals surface area contributed by atoms with E-state index in [1.807, 2.05) is 30.6 Å². The number of carbonyl (C=O) groups is 2. The number of aryl methyl sites for hydroxylation is 1. The minimum atomic E-state index is -0.295. The normalized spacial score (nSPS) is 23.8. The topological polar surface area (TPSA) is 70.6 Å². The van der Waals surface area contributed by atoms with Gasteiger partial charge >= 0.3 is 0 Å². The molecule has 3 aromatic rings. The smallest absolute Gasteiger partial charge is 0.232 e. The highest BCUT2D eigenvalue weighted by molar-refractivity contribution is 6.17. The van der Waals surface area contributed by atoms with E-state index in [9.17, 15) is 9.59 Å². The number of hydrogen-bond acceptors (Lipinski definition) is 4. The van der Waals surface area contributed by atoms with Gasteiger partial charge in [0.1, 0.15) is 0 Å². The van der Waals surface area contributed by atoms with Gasteiger partial charge in [0.05, 0.1) is 19.2 Å². The molecule has 0 radical (unpaired) electrons. The maximum atomic E-state index is 12.1. The Labute approximate surface area is 224 Å². The summed E-state index contributed by atoms with van der Waals surface area (Å²) in [6.45, 7) is 2.22. The van der Waals surface area contributed by atoms with Gasteiger partial charge in [0, 0.05) is 12.1 Å². The fraction of sp³-hybridized carbons (Fsp3) is 0.281. The molecular formula is C32H35N4O2+. The van der Waals surface area contributed by atoms with Gasteiger partial charge in [-0.25, -0.2) is 4.99 Å². The van der Waals surface area contributed by atoms with E-state index >= 15 is 0 Å². The summed E-state index contributed by atoms with van der Waals surface area (Å²) in [7, 11) is 2.14. The monoisotopic (exact) mass is 507 g/mol. The second kappa shape index (κ2) is 10.9. The zero-order chi connectivity index (χ0) is 26.6. The van der Waals surface area contributed by atoms with Crippen molar-refractivity contribution >= 4 is 29.8 Å². The first-order chi connectivity index (χ1) is 18.4. The van der Waals surface area contributed by atoms with Gasteiger partial charge in [-0.15, -0.1) is 5.43 Å². The molecular weight excluding hydrogens is 472 g/mol. The van der Waals surface area contributed by atoms with Crippen LogP contribution in [0.1, 0.15) is 50.2 Å². The summed E-state index contributed by atoms with van der Waals surface area (Å²) in [6, 6.07) is 27.0. The maximum absolute atomic E-state index is 12.1. The van der Waals surface area contributed by atoms with Crippen molar-refractivity contribution in [1.82, 2.24) is 15.3 Å². The van der Waals surface area contributed by atoms with Gasteiger partial charge < -0.3 is 5.32 Å². The van der Waals surface area contributed by atoms with Crippen LogP contribution in [0, 0.1) is 0 Å². The average molecular weight is 508 g/mol. The lowest BCUT2D eigenvalue weighted by molar-refractivity contribution is -0.121. The Bertz CT molecular complexity index is 1380. The second-order valence-electron chi connectivity index (χ2n) is 10.4. The van der Waals surface area contributed by atoms with Crippen LogP contribution in [0.2, 0.25) is 0 Å². The Morgan fingerprint density at radius 2 is 1.68 bits per heavy atom. The Balaban J connectivity index is 1.36. The fourth-order valence-electron chi connectivity index (χ4n) is 5.29. The number of carbonyl (C=O) groups excluding carboxylic acids is 2. The molecule has 0 bridgehead atoms. The average Bonchev–Trinajstić information content (AvgIpc) is 3.45. The van der Waals surface area contributed by atoms with Crippen molar-refractivity contribution in [2.75, 3.05) is 7.05 Å². The molecule has 2 N–H and O–H groups in total. The highest BCUT2D eigenvalue weighted by Gasteiger charge is 2.44. The fourth-order valence-corrected chi connectivity index (χ4v) is 5.29. The number of nitrogens with one attached hydrogen (secondary N) is 2. The largest absolute Gasteiger partial charge is 0.323 e. The van der Waals surface area contributed by atoms with Crippen LogP contribution in [-0.2, 0) is 16.0 Å². The Morgan fingerprint density at radius 3 is 2.39 bits per heavy atom. The Morgan fingerprint density at radius 1 is 0.947 bits per heavy atom. The highest BCUT2D eigenvalue weighted by Crippen LogP contribution is 2.34. The number of amides is 1. The van der Waals surface area contributed by atoms with Crippen molar-refractivity contribution < 1.29 is 9.59 Å². The summed E-state index contributed by atoms with van der Waals surface area (Å²) in [6.07, 6.45) is 8.88. The molecule has 6 nitrogen and oxygen atoms in total. The van der Waals surface area contributed by atoms with Gasteiger partial charge in [-0.2, -0.15) is 4.59 Å². The lowest BCUT2D eigenvalue weighted by atomic mass is 9.95. The zero-order valence-electron chi connectivity index (χ0n) is 22.1. The third-order valence-corrected chi connectivity index (χ3v) is 7.46. The summed E-state index contributed by atoms with van der Waals surface area (Å²) in [4.78, 5) is 28.8. The molecule has 0 saturated carbocycles. The molecule has 2 unspecified atom stereocenters. The van der Waals surface area contributed by atoms with E-state index in [4.69, 9.17) is 4.99 Å². The van der Waals surface area contributed by atoms with Crippen LogP contribution < -0.4 is 15.3 Å². The standard InChI is InChI=1S/C32H34N4O2/c1-3-4-19-32(20-18-24-10-6-5-7-11-24)33-23-36(2,35-32)27-16-14-25(15-17-27)28-13-9-8-12-26(28)21-29-30(37)22-31(38)34-29/h5-17,21,23,35H,3-4,18-20,22H2,1-2H3/p+1/b29-21-. The van der Waals surface area contributed by atoms with Gasteiger partial charge in [-0.3, -0.25) is 9.59 Å². The number of Topliss-reactive ketones (excluding diaryl/α,β-unsaturated/α-hetero) is 1. The number of ketones is 1. The first kappa shape index (κ1) is 25.8. The van der Waals surface area contributed by atoms with E-state index in [-0.39, 0.29) is 23.8 Å². The first-order valence-electron chi connectivity index (χ1n) is 13.4. The molecule has 1 fully saturated rings. The molecule has 1 amide bonds. The third kappa shape index (κ3) is 5.52. The number of hydrogen-bond donors (Lipinski definition) is 2. The molecule has 6 heteroatoms. The van der Waals surface area contributed by atoms with Gasteiger partial charge in [0.2, 0.25) is 12.2 Å². The van der Waals surface area contributed by atoms with E-state index in [0.717, 1.165) is 54.5 Å². The van der Waals surface area contributed by atoms with Crippen LogP contribution >= 0.6 is 0 Å². The lowest BCUT2D eigenvalue weighted by Crippen LogP contribution is -2.59. The summed E-state index contributed by atoms with van der Waals surface area (Å²) in [5.74, 6) is -0.422. The van der Waals surface area contributed by atoms with Crippen LogP contribution in [-0.4, -0.2) is 30.7 Å². The number of aliphatic imine (C=N–C) groups is 1. The van der Waals surface area contributed by atoms with Crippen molar-refractivity contribution in [1.29, 1.82) is 0 Å². The number of nitrogens with zero attached hydrogens (tertiary/aromatic N) is 2. The quantitative estimate of drug-likeness (QED) is 0.219. The van der Waals surface area contributed by atoms with Crippen molar-refractivity contribution in [3.8, 4) is 11.1 Å².